The number of likely N-dealkylation sites (tertiary alicyclic amines) is 1. The molecule has 0 spiro atoms. The molecule has 5 nitrogen and oxygen atoms in total. The van der Waals surface area contributed by atoms with Gasteiger partial charge in [0, 0.05) is 49.1 Å². The van der Waals surface area contributed by atoms with E-state index < -0.39 is 0 Å². The van der Waals surface area contributed by atoms with Crippen LogP contribution in [0.3, 0.4) is 0 Å². The summed E-state index contributed by atoms with van der Waals surface area (Å²) in [5.74, 6) is 2.14. The minimum absolute atomic E-state index is 0.0488. The van der Waals surface area contributed by atoms with Gasteiger partial charge >= 0.3 is 0 Å². The Bertz CT molecular complexity index is 792. The number of carbonyl (C=O) groups is 2. The highest BCUT2D eigenvalue weighted by molar-refractivity contribution is 7.98. The van der Waals surface area contributed by atoms with Crippen LogP contribution in [-0.2, 0) is 17.0 Å². The molecule has 1 fully saturated rings. The monoisotopic (exact) mass is 389 g/mol. The van der Waals surface area contributed by atoms with Crippen molar-refractivity contribution in [3.05, 3.63) is 40.5 Å². The second kappa shape index (κ2) is 7.88. The SMILES string of the molecule is O=C(NCCC(=O)N1CCCC1)c1c(-n2cccc2)sc2c1CCSC2. The third kappa shape index (κ3) is 3.55. The molecule has 4 heterocycles. The van der Waals surface area contributed by atoms with Crippen LogP contribution < -0.4 is 5.32 Å². The first-order valence-electron chi connectivity index (χ1n) is 9.15. The van der Waals surface area contributed by atoms with Crippen LogP contribution in [0.15, 0.2) is 24.5 Å². The van der Waals surface area contributed by atoms with Gasteiger partial charge in [0.1, 0.15) is 5.00 Å². The molecule has 2 aliphatic heterocycles. The molecule has 0 bridgehead atoms. The van der Waals surface area contributed by atoms with Crippen LogP contribution in [0.25, 0.3) is 5.00 Å². The predicted molar refractivity (Wildman–Crippen MR) is 106 cm³/mol. The lowest BCUT2D eigenvalue weighted by molar-refractivity contribution is -0.129. The van der Waals surface area contributed by atoms with Gasteiger partial charge in [-0.05, 0) is 42.7 Å². The number of thiophene rings is 1. The minimum atomic E-state index is -0.0488. The number of amides is 2. The highest BCUT2D eigenvalue weighted by Gasteiger charge is 2.26. The van der Waals surface area contributed by atoms with Crippen LogP contribution in [0, 0.1) is 0 Å². The molecule has 26 heavy (non-hydrogen) atoms. The second-order valence-corrected chi connectivity index (χ2v) is 8.86. The molecule has 0 unspecified atom stereocenters. The summed E-state index contributed by atoms with van der Waals surface area (Å²) in [6.07, 6.45) is 7.48. The summed E-state index contributed by atoms with van der Waals surface area (Å²) in [5.41, 5.74) is 2.00. The Kier molecular flexibility index (Phi) is 5.36. The first kappa shape index (κ1) is 17.7. The van der Waals surface area contributed by atoms with Crippen molar-refractivity contribution in [1.29, 1.82) is 0 Å². The lowest BCUT2D eigenvalue weighted by Gasteiger charge is -2.16. The van der Waals surface area contributed by atoms with E-state index in [-0.39, 0.29) is 11.8 Å². The molecular formula is C19H23N3O2S2. The van der Waals surface area contributed by atoms with Gasteiger partial charge in [-0.1, -0.05) is 0 Å². The molecule has 0 radical (unpaired) electrons. The molecule has 0 atom stereocenters. The largest absolute Gasteiger partial charge is 0.351 e. The zero-order valence-electron chi connectivity index (χ0n) is 14.7. The zero-order valence-corrected chi connectivity index (χ0v) is 16.3. The highest BCUT2D eigenvalue weighted by Crippen LogP contribution is 2.38. The smallest absolute Gasteiger partial charge is 0.254 e. The molecule has 1 saturated heterocycles. The molecule has 0 aromatic carbocycles. The molecule has 0 aliphatic carbocycles. The molecule has 2 aliphatic rings. The van der Waals surface area contributed by atoms with E-state index in [1.165, 1.54) is 10.4 Å². The Hall–Kier alpha value is -1.73. The van der Waals surface area contributed by atoms with Crippen molar-refractivity contribution in [2.45, 2.75) is 31.4 Å². The van der Waals surface area contributed by atoms with E-state index in [1.807, 2.05) is 45.8 Å². The number of nitrogens with zero attached hydrogens (tertiary/aromatic N) is 2. The van der Waals surface area contributed by atoms with Crippen LogP contribution in [0.1, 0.15) is 40.1 Å². The lowest BCUT2D eigenvalue weighted by atomic mass is 10.1. The summed E-state index contributed by atoms with van der Waals surface area (Å²) in [4.78, 5) is 28.3. The number of fused-ring (bicyclic) bond motifs is 1. The molecule has 4 rings (SSSR count). The summed E-state index contributed by atoms with van der Waals surface area (Å²) < 4.78 is 2.03. The van der Waals surface area contributed by atoms with Crippen molar-refractivity contribution in [1.82, 2.24) is 14.8 Å². The summed E-state index contributed by atoms with van der Waals surface area (Å²) >= 11 is 3.64. The first-order valence-corrected chi connectivity index (χ1v) is 11.1. The Morgan fingerprint density at radius 3 is 2.69 bits per heavy atom. The number of nitrogens with one attached hydrogen (secondary N) is 1. The van der Waals surface area contributed by atoms with Gasteiger partial charge < -0.3 is 14.8 Å². The summed E-state index contributed by atoms with van der Waals surface area (Å²) in [5, 5.41) is 3.98. The van der Waals surface area contributed by atoms with E-state index in [1.54, 1.807) is 11.3 Å². The van der Waals surface area contributed by atoms with Gasteiger partial charge in [0.05, 0.1) is 5.56 Å². The van der Waals surface area contributed by atoms with Crippen molar-refractivity contribution in [2.24, 2.45) is 0 Å². The number of rotatable bonds is 5. The molecule has 0 saturated carbocycles. The van der Waals surface area contributed by atoms with E-state index in [0.717, 1.165) is 54.4 Å². The lowest BCUT2D eigenvalue weighted by Crippen LogP contribution is -2.33. The Labute approximate surface area is 161 Å². The Morgan fingerprint density at radius 2 is 1.92 bits per heavy atom. The standard InChI is InChI=1S/C19H23N3O2S2/c23-16(21-8-1-2-9-21)5-7-20-18(24)17-14-6-12-25-13-15(14)26-19(17)22-10-3-4-11-22/h3-4,10-11H,1-2,5-9,12-13H2,(H,20,24). The number of carbonyl (C=O) groups excluding carboxylic acids is 2. The average Bonchev–Trinajstić information content (AvgIpc) is 3.41. The van der Waals surface area contributed by atoms with Crippen molar-refractivity contribution < 1.29 is 9.59 Å². The fourth-order valence-corrected chi connectivity index (χ4v) is 6.04. The van der Waals surface area contributed by atoms with Gasteiger partial charge in [0.15, 0.2) is 0 Å². The molecule has 2 aromatic heterocycles. The number of hydrogen-bond acceptors (Lipinski definition) is 4. The first-order chi connectivity index (χ1) is 12.7. The molecular weight excluding hydrogens is 366 g/mol. The summed E-state index contributed by atoms with van der Waals surface area (Å²) in [7, 11) is 0. The molecule has 2 aromatic rings. The maximum Gasteiger partial charge on any atom is 0.254 e. The van der Waals surface area contributed by atoms with Crippen LogP contribution in [0.2, 0.25) is 0 Å². The summed E-state index contributed by atoms with van der Waals surface area (Å²) in [6, 6.07) is 3.95. The van der Waals surface area contributed by atoms with E-state index in [9.17, 15) is 9.59 Å². The van der Waals surface area contributed by atoms with Crippen molar-refractivity contribution in [2.75, 3.05) is 25.4 Å². The number of thioether (sulfide) groups is 1. The average molecular weight is 390 g/mol. The van der Waals surface area contributed by atoms with Gasteiger partial charge in [-0.15, -0.1) is 11.3 Å². The third-order valence-electron chi connectivity index (χ3n) is 4.95. The molecule has 138 valence electrons. The van der Waals surface area contributed by atoms with Gasteiger partial charge in [-0.2, -0.15) is 11.8 Å². The van der Waals surface area contributed by atoms with Crippen molar-refractivity contribution in [3.63, 3.8) is 0 Å². The molecule has 1 N–H and O–H groups in total. The van der Waals surface area contributed by atoms with E-state index >= 15 is 0 Å². The van der Waals surface area contributed by atoms with E-state index in [0.29, 0.717) is 13.0 Å². The van der Waals surface area contributed by atoms with Gasteiger partial charge in [0.2, 0.25) is 5.91 Å². The minimum Gasteiger partial charge on any atom is -0.351 e. The van der Waals surface area contributed by atoms with Crippen molar-refractivity contribution >= 4 is 34.9 Å². The quantitative estimate of drug-likeness (QED) is 0.855. The van der Waals surface area contributed by atoms with Crippen LogP contribution in [-0.4, -0.2) is 46.7 Å². The second-order valence-electron chi connectivity index (χ2n) is 6.67. The molecule has 2 amide bonds. The number of aromatic nitrogens is 1. The van der Waals surface area contributed by atoms with Crippen LogP contribution in [0.4, 0.5) is 0 Å². The fourth-order valence-electron chi connectivity index (χ4n) is 3.60. The van der Waals surface area contributed by atoms with Crippen LogP contribution in [0.5, 0.6) is 0 Å². The van der Waals surface area contributed by atoms with E-state index in [4.69, 9.17) is 0 Å². The predicted octanol–water partition coefficient (Wildman–Crippen LogP) is 3.07. The Balaban J connectivity index is 1.48. The molecule has 7 heteroatoms. The highest BCUT2D eigenvalue weighted by atomic mass is 32.2. The Morgan fingerprint density at radius 1 is 1.15 bits per heavy atom. The van der Waals surface area contributed by atoms with Gasteiger partial charge in [-0.25, -0.2) is 0 Å². The van der Waals surface area contributed by atoms with Crippen molar-refractivity contribution in [3.8, 4) is 5.00 Å². The zero-order chi connectivity index (χ0) is 17.9. The topological polar surface area (TPSA) is 54.3 Å². The fraction of sp³-hybridized carbons (Fsp3) is 0.474. The third-order valence-corrected chi connectivity index (χ3v) is 7.36. The van der Waals surface area contributed by atoms with Crippen LogP contribution >= 0.6 is 23.1 Å². The normalized spacial score (nSPS) is 16.5. The maximum absolute atomic E-state index is 12.9. The number of hydrogen-bond donors (Lipinski definition) is 1. The maximum atomic E-state index is 12.9. The van der Waals surface area contributed by atoms with Gasteiger partial charge in [-0.3, -0.25) is 9.59 Å². The van der Waals surface area contributed by atoms with E-state index in [2.05, 4.69) is 5.32 Å². The summed E-state index contributed by atoms with van der Waals surface area (Å²) in [6.45, 7) is 2.12. The van der Waals surface area contributed by atoms with Gasteiger partial charge in [0.25, 0.3) is 5.91 Å².